The number of hydrogen-bond donors (Lipinski definition) is 1. The van der Waals surface area contributed by atoms with Gasteiger partial charge in [-0.1, -0.05) is 30.3 Å². The van der Waals surface area contributed by atoms with Gasteiger partial charge in [-0.25, -0.2) is 4.98 Å². The second-order valence-electron chi connectivity index (χ2n) is 6.19. The van der Waals surface area contributed by atoms with Crippen LogP contribution in [0.15, 0.2) is 42.7 Å². The Balaban J connectivity index is 1.89. The molecule has 0 aliphatic heterocycles. The molecule has 2 aromatic rings. The molecule has 7 heteroatoms. The van der Waals surface area contributed by atoms with Gasteiger partial charge in [0.2, 0.25) is 5.91 Å². The molecule has 1 aromatic heterocycles. The summed E-state index contributed by atoms with van der Waals surface area (Å²) in [4.78, 5) is 34.7. The van der Waals surface area contributed by atoms with Crippen LogP contribution in [0.2, 0.25) is 0 Å². The van der Waals surface area contributed by atoms with Crippen LogP contribution >= 0.6 is 0 Å². The van der Waals surface area contributed by atoms with Crippen molar-refractivity contribution in [3.05, 3.63) is 59.7 Å². The number of methoxy groups -OCH3 is 1. The van der Waals surface area contributed by atoms with Crippen LogP contribution in [0.4, 0.5) is 0 Å². The van der Waals surface area contributed by atoms with E-state index in [1.807, 2.05) is 37.3 Å². The predicted octanol–water partition coefficient (Wildman–Crippen LogP) is 1.97. The van der Waals surface area contributed by atoms with Crippen molar-refractivity contribution in [1.82, 2.24) is 20.2 Å². The second-order valence-corrected chi connectivity index (χ2v) is 6.19. The van der Waals surface area contributed by atoms with Crippen molar-refractivity contribution in [3.63, 3.8) is 0 Å². The highest BCUT2D eigenvalue weighted by molar-refractivity contribution is 5.92. The van der Waals surface area contributed by atoms with Gasteiger partial charge < -0.3 is 15.0 Å². The van der Waals surface area contributed by atoms with E-state index >= 15 is 0 Å². The van der Waals surface area contributed by atoms with E-state index in [0.717, 1.165) is 11.3 Å². The van der Waals surface area contributed by atoms with Crippen molar-refractivity contribution in [3.8, 4) is 0 Å². The number of aromatic nitrogens is 2. The molecule has 0 saturated heterocycles. The minimum Gasteiger partial charge on any atom is -0.385 e. The molecule has 144 valence electrons. The van der Waals surface area contributed by atoms with Crippen molar-refractivity contribution in [1.29, 1.82) is 0 Å². The third kappa shape index (κ3) is 7.15. The second kappa shape index (κ2) is 11.0. The average Bonchev–Trinajstić information content (AvgIpc) is 2.70. The van der Waals surface area contributed by atoms with E-state index < -0.39 is 0 Å². The van der Waals surface area contributed by atoms with E-state index in [-0.39, 0.29) is 23.9 Å². The summed E-state index contributed by atoms with van der Waals surface area (Å²) in [7, 11) is 1.62. The molecule has 0 saturated carbocycles. The van der Waals surface area contributed by atoms with E-state index in [2.05, 4.69) is 15.3 Å². The van der Waals surface area contributed by atoms with Gasteiger partial charge in [0.05, 0.1) is 11.9 Å². The maximum atomic E-state index is 12.7. The van der Waals surface area contributed by atoms with Gasteiger partial charge in [0.15, 0.2) is 0 Å². The molecule has 0 aliphatic carbocycles. The van der Waals surface area contributed by atoms with Crippen LogP contribution in [-0.4, -0.2) is 53.5 Å². The fourth-order valence-electron chi connectivity index (χ4n) is 2.50. The Morgan fingerprint density at radius 2 is 1.89 bits per heavy atom. The first kappa shape index (κ1) is 20.5. The Hall–Kier alpha value is -2.80. The molecule has 0 radical (unpaired) electrons. The van der Waals surface area contributed by atoms with Crippen molar-refractivity contribution in [2.24, 2.45) is 0 Å². The Morgan fingerprint density at radius 3 is 2.56 bits per heavy atom. The molecule has 7 nitrogen and oxygen atoms in total. The van der Waals surface area contributed by atoms with Crippen LogP contribution in [0.25, 0.3) is 0 Å². The highest BCUT2D eigenvalue weighted by Crippen LogP contribution is 2.05. The summed E-state index contributed by atoms with van der Waals surface area (Å²) in [6, 6.07) is 9.71. The Bertz CT molecular complexity index is 720. The van der Waals surface area contributed by atoms with Gasteiger partial charge in [-0.2, -0.15) is 0 Å². The van der Waals surface area contributed by atoms with Gasteiger partial charge in [0.25, 0.3) is 5.91 Å². The van der Waals surface area contributed by atoms with Crippen LogP contribution in [0.5, 0.6) is 0 Å². The summed E-state index contributed by atoms with van der Waals surface area (Å²) in [6.45, 7) is 3.64. The van der Waals surface area contributed by atoms with Crippen LogP contribution in [0.1, 0.15) is 34.6 Å². The number of ether oxygens (including phenoxy) is 1. The summed E-state index contributed by atoms with van der Waals surface area (Å²) < 4.78 is 5.06. The summed E-state index contributed by atoms with van der Waals surface area (Å²) in [6.07, 6.45) is 3.95. The standard InChI is InChI=1S/C20H26N4O3/c1-16-13-22-18(15-21-16)20(26)24(10-6-12-27-2)11-9-19(25)23-14-17-7-4-3-5-8-17/h3-5,7-8,13,15H,6,9-12,14H2,1-2H3,(H,23,25). The molecule has 0 atom stereocenters. The molecule has 0 bridgehead atoms. The minimum absolute atomic E-state index is 0.0987. The fraction of sp³-hybridized carbons (Fsp3) is 0.400. The first-order chi connectivity index (χ1) is 13.1. The van der Waals surface area contributed by atoms with E-state index in [0.29, 0.717) is 32.7 Å². The van der Waals surface area contributed by atoms with Gasteiger partial charge in [0.1, 0.15) is 5.69 Å². The lowest BCUT2D eigenvalue weighted by Crippen LogP contribution is -2.36. The zero-order chi connectivity index (χ0) is 19.5. The van der Waals surface area contributed by atoms with Crippen molar-refractivity contribution in [2.45, 2.75) is 26.3 Å². The summed E-state index contributed by atoms with van der Waals surface area (Å²) in [5.74, 6) is -0.326. The number of aryl methyl sites for hydroxylation is 1. The molecular weight excluding hydrogens is 344 g/mol. The number of benzene rings is 1. The normalized spacial score (nSPS) is 10.4. The van der Waals surface area contributed by atoms with Gasteiger partial charge in [-0.15, -0.1) is 0 Å². The highest BCUT2D eigenvalue weighted by atomic mass is 16.5. The number of nitrogens with one attached hydrogen (secondary N) is 1. The lowest BCUT2D eigenvalue weighted by Gasteiger charge is -2.22. The van der Waals surface area contributed by atoms with Gasteiger partial charge in [-0.3, -0.25) is 14.6 Å². The third-order valence-electron chi connectivity index (χ3n) is 4.01. The molecule has 0 fully saturated rings. The number of amides is 2. The zero-order valence-corrected chi connectivity index (χ0v) is 15.9. The zero-order valence-electron chi connectivity index (χ0n) is 15.9. The first-order valence-corrected chi connectivity index (χ1v) is 8.97. The molecule has 0 unspecified atom stereocenters. The maximum Gasteiger partial charge on any atom is 0.274 e. The van der Waals surface area contributed by atoms with Gasteiger partial charge in [0, 0.05) is 46.0 Å². The topological polar surface area (TPSA) is 84.4 Å². The molecule has 1 N–H and O–H groups in total. The van der Waals surface area contributed by atoms with Crippen LogP contribution < -0.4 is 5.32 Å². The lowest BCUT2D eigenvalue weighted by molar-refractivity contribution is -0.121. The summed E-state index contributed by atoms with van der Waals surface area (Å²) in [5.41, 5.74) is 2.06. The molecular formula is C20H26N4O3. The number of carbonyl (C=O) groups is 2. The number of rotatable bonds is 10. The predicted molar refractivity (Wildman–Crippen MR) is 102 cm³/mol. The van der Waals surface area contributed by atoms with Crippen molar-refractivity contribution < 1.29 is 14.3 Å². The van der Waals surface area contributed by atoms with E-state index in [1.54, 1.807) is 18.2 Å². The molecule has 2 rings (SSSR count). The van der Waals surface area contributed by atoms with E-state index in [4.69, 9.17) is 4.74 Å². The van der Waals surface area contributed by atoms with Crippen LogP contribution in [0, 0.1) is 6.92 Å². The fourth-order valence-corrected chi connectivity index (χ4v) is 2.50. The van der Waals surface area contributed by atoms with Gasteiger partial charge >= 0.3 is 0 Å². The Kier molecular flexibility index (Phi) is 8.38. The molecule has 0 aliphatic rings. The largest absolute Gasteiger partial charge is 0.385 e. The average molecular weight is 370 g/mol. The molecule has 1 heterocycles. The maximum absolute atomic E-state index is 12.7. The number of hydrogen-bond acceptors (Lipinski definition) is 5. The van der Waals surface area contributed by atoms with E-state index in [1.165, 1.54) is 6.20 Å². The molecule has 1 aromatic carbocycles. The van der Waals surface area contributed by atoms with Crippen molar-refractivity contribution >= 4 is 11.8 Å². The number of carbonyl (C=O) groups excluding carboxylic acids is 2. The Morgan fingerprint density at radius 1 is 1.11 bits per heavy atom. The van der Waals surface area contributed by atoms with E-state index in [9.17, 15) is 9.59 Å². The molecule has 2 amide bonds. The first-order valence-electron chi connectivity index (χ1n) is 8.97. The number of nitrogens with zero attached hydrogens (tertiary/aromatic N) is 3. The Labute approximate surface area is 159 Å². The van der Waals surface area contributed by atoms with Crippen LogP contribution in [0.3, 0.4) is 0 Å². The van der Waals surface area contributed by atoms with Gasteiger partial charge in [-0.05, 0) is 18.9 Å². The summed E-state index contributed by atoms with van der Waals surface area (Å²) in [5, 5.41) is 2.88. The SMILES string of the molecule is COCCCN(CCC(=O)NCc1ccccc1)C(=O)c1cnc(C)cn1. The smallest absolute Gasteiger partial charge is 0.274 e. The quantitative estimate of drug-likeness (QED) is 0.647. The summed E-state index contributed by atoms with van der Waals surface area (Å²) >= 11 is 0. The van der Waals surface area contributed by atoms with Crippen LogP contribution in [-0.2, 0) is 16.1 Å². The third-order valence-corrected chi connectivity index (χ3v) is 4.01. The monoisotopic (exact) mass is 370 g/mol. The highest BCUT2D eigenvalue weighted by Gasteiger charge is 2.18. The minimum atomic E-state index is -0.227. The van der Waals surface area contributed by atoms with Crippen molar-refractivity contribution in [2.75, 3.05) is 26.8 Å². The molecule has 27 heavy (non-hydrogen) atoms. The lowest BCUT2D eigenvalue weighted by atomic mass is 10.2. The molecule has 0 spiro atoms.